The van der Waals surface area contributed by atoms with E-state index in [4.69, 9.17) is 17.7 Å². The van der Waals surface area contributed by atoms with Crippen molar-refractivity contribution >= 4 is 66.4 Å². The Labute approximate surface area is 116 Å². The van der Waals surface area contributed by atoms with Crippen molar-refractivity contribution in [3.8, 4) is 0 Å². The van der Waals surface area contributed by atoms with E-state index in [0.29, 0.717) is 0 Å². The van der Waals surface area contributed by atoms with Gasteiger partial charge < -0.3 is 17.7 Å². The summed E-state index contributed by atoms with van der Waals surface area (Å²) in [7, 11) is 0.960. The van der Waals surface area contributed by atoms with Crippen LogP contribution in [0.1, 0.15) is 6.92 Å². The molecule has 0 fully saturated rings. The van der Waals surface area contributed by atoms with Crippen molar-refractivity contribution in [2.24, 2.45) is 0 Å². The van der Waals surface area contributed by atoms with E-state index >= 15 is 0 Å². The zero-order valence-electron chi connectivity index (χ0n) is 7.04. The van der Waals surface area contributed by atoms with Gasteiger partial charge in [-0.3, -0.25) is 4.79 Å². The maximum absolute atomic E-state index is 10.5. The summed E-state index contributed by atoms with van der Waals surface area (Å²) in [6, 6.07) is 0. The molecule has 0 unspecified atom stereocenters. The molecule has 12 heavy (non-hydrogen) atoms. The van der Waals surface area contributed by atoms with Crippen molar-refractivity contribution in [3.63, 3.8) is 0 Å². The Balaban J connectivity index is 0. The topological polar surface area (TPSA) is 54.0 Å². The zero-order valence-corrected chi connectivity index (χ0v) is 8.04. The Morgan fingerprint density at radius 1 is 1.08 bits per heavy atom. The van der Waals surface area contributed by atoms with E-state index in [9.17, 15) is 4.79 Å². The van der Waals surface area contributed by atoms with Gasteiger partial charge in [-0.25, -0.2) is 0 Å². The van der Waals surface area contributed by atoms with Crippen LogP contribution in [0.15, 0.2) is 0 Å². The van der Waals surface area contributed by atoms with Crippen LogP contribution in [0.25, 0.3) is 0 Å². The number of carbonyl (C=O) groups is 1. The van der Waals surface area contributed by atoms with Gasteiger partial charge in [-0.2, -0.15) is 0 Å². The SMILES string of the molecule is CO[Si](OC)(OC)OC(C)=O.[KH]. The molecule has 0 bridgehead atoms. The Bertz CT molecular complexity index is 130. The third-order valence-corrected chi connectivity index (χ3v) is 3.06. The Hall–Kier alpha value is 1.20. The summed E-state index contributed by atoms with van der Waals surface area (Å²) >= 11 is 0. The van der Waals surface area contributed by atoms with Gasteiger partial charge in [0.25, 0.3) is 5.97 Å². The van der Waals surface area contributed by atoms with Gasteiger partial charge in [-0.15, -0.1) is 0 Å². The molecule has 0 radical (unpaired) electrons. The standard InChI is InChI=1S/C5H12O5Si.K.H/c1-5(6)10-11(7-2,8-3)9-4;;/h1-4H3;;. The van der Waals surface area contributed by atoms with Gasteiger partial charge in [0.15, 0.2) is 0 Å². The van der Waals surface area contributed by atoms with Crippen LogP contribution in [0.5, 0.6) is 0 Å². The molecule has 68 valence electrons. The fraction of sp³-hybridized carbons (Fsp3) is 0.800. The van der Waals surface area contributed by atoms with Gasteiger partial charge in [0, 0.05) is 28.3 Å². The Kier molecular flexibility index (Phi) is 9.91. The summed E-state index contributed by atoms with van der Waals surface area (Å²) in [5.74, 6) is -0.484. The molecule has 0 rings (SSSR count). The van der Waals surface area contributed by atoms with Crippen molar-refractivity contribution < 1.29 is 22.5 Å². The van der Waals surface area contributed by atoms with Crippen molar-refractivity contribution in [2.45, 2.75) is 6.92 Å². The molecular formula is C5H13KO5Si. The quantitative estimate of drug-likeness (QED) is 0.585. The normalized spacial score (nSPS) is 10.3. The first-order valence-electron chi connectivity index (χ1n) is 2.95. The molecule has 0 saturated carbocycles. The van der Waals surface area contributed by atoms with Crippen molar-refractivity contribution in [1.29, 1.82) is 0 Å². The predicted molar refractivity (Wildman–Crippen MR) is 45.7 cm³/mol. The molecule has 0 atom stereocenters. The Morgan fingerprint density at radius 2 is 1.42 bits per heavy atom. The summed E-state index contributed by atoms with van der Waals surface area (Å²) in [5.41, 5.74) is 0. The summed E-state index contributed by atoms with van der Waals surface area (Å²) in [6.07, 6.45) is 0. The van der Waals surface area contributed by atoms with Gasteiger partial charge in [0.1, 0.15) is 0 Å². The van der Waals surface area contributed by atoms with E-state index < -0.39 is 15.0 Å². The average Bonchev–Trinajstić information content (AvgIpc) is 2.00. The van der Waals surface area contributed by atoms with Gasteiger partial charge >= 0.3 is 60.4 Å². The molecule has 0 aliphatic carbocycles. The minimum absolute atomic E-state index is 0. The maximum atomic E-state index is 10.5. The van der Waals surface area contributed by atoms with Crippen LogP contribution in [-0.2, 0) is 22.5 Å². The van der Waals surface area contributed by atoms with E-state index in [0.717, 1.165) is 0 Å². The number of hydrogen-bond acceptors (Lipinski definition) is 5. The molecule has 5 nitrogen and oxygen atoms in total. The van der Waals surface area contributed by atoms with E-state index in [1.165, 1.54) is 28.3 Å². The molecule has 0 saturated heterocycles. The summed E-state index contributed by atoms with van der Waals surface area (Å²) in [5, 5.41) is 0. The molecule has 0 N–H and O–H groups in total. The number of carbonyl (C=O) groups excluding carboxylic acids is 1. The van der Waals surface area contributed by atoms with Crippen LogP contribution in [-0.4, -0.2) is 87.7 Å². The van der Waals surface area contributed by atoms with Crippen LogP contribution in [0, 0.1) is 0 Å². The van der Waals surface area contributed by atoms with E-state index in [2.05, 4.69) is 0 Å². The molecule has 7 heteroatoms. The molecule has 0 aromatic carbocycles. The van der Waals surface area contributed by atoms with E-state index in [1.54, 1.807) is 0 Å². The molecule has 0 aromatic rings. The van der Waals surface area contributed by atoms with Gasteiger partial charge in [0.2, 0.25) is 0 Å². The minimum atomic E-state index is -3.13. The van der Waals surface area contributed by atoms with Gasteiger partial charge in [0.05, 0.1) is 0 Å². The van der Waals surface area contributed by atoms with Crippen LogP contribution < -0.4 is 0 Å². The second-order valence-electron chi connectivity index (χ2n) is 1.71. The molecule has 0 aliphatic heterocycles. The second-order valence-corrected chi connectivity index (χ2v) is 4.13. The third kappa shape index (κ3) is 5.05. The average molecular weight is 220 g/mol. The summed E-state index contributed by atoms with van der Waals surface area (Å²) in [4.78, 5) is 10.5. The fourth-order valence-electron chi connectivity index (χ4n) is 0.551. The van der Waals surface area contributed by atoms with Crippen LogP contribution in [0.2, 0.25) is 0 Å². The number of hydrogen-bond donors (Lipinski definition) is 0. The summed E-state index contributed by atoms with van der Waals surface area (Å²) in [6.45, 7) is 1.26. The first-order chi connectivity index (χ1) is 5.10. The fourth-order valence-corrected chi connectivity index (χ4v) is 1.65. The van der Waals surface area contributed by atoms with E-state index in [-0.39, 0.29) is 51.4 Å². The summed E-state index contributed by atoms with van der Waals surface area (Å²) < 4.78 is 19.1. The van der Waals surface area contributed by atoms with Crippen LogP contribution >= 0.6 is 0 Å². The molecule has 0 amide bonds. The van der Waals surface area contributed by atoms with Gasteiger partial charge in [-0.1, -0.05) is 0 Å². The van der Waals surface area contributed by atoms with Gasteiger partial charge in [-0.05, 0) is 0 Å². The van der Waals surface area contributed by atoms with Crippen LogP contribution in [0.4, 0.5) is 0 Å². The van der Waals surface area contributed by atoms with E-state index in [1.807, 2.05) is 0 Å². The second kappa shape index (κ2) is 7.59. The molecule has 0 spiro atoms. The molecule has 0 aromatic heterocycles. The zero-order chi connectivity index (χ0) is 8.91. The first kappa shape index (κ1) is 15.7. The molecule has 0 heterocycles. The first-order valence-corrected chi connectivity index (χ1v) is 4.58. The number of rotatable bonds is 4. The Morgan fingerprint density at radius 3 is 1.50 bits per heavy atom. The van der Waals surface area contributed by atoms with Crippen molar-refractivity contribution in [1.82, 2.24) is 0 Å². The monoisotopic (exact) mass is 220 g/mol. The third-order valence-electron chi connectivity index (χ3n) is 1.02. The predicted octanol–water partition coefficient (Wildman–Crippen LogP) is -0.724. The van der Waals surface area contributed by atoms with Crippen molar-refractivity contribution in [3.05, 3.63) is 0 Å². The molecule has 0 aliphatic rings. The van der Waals surface area contributed by atoms with Crippen LogP contribution in [0.3, 0.4) is 0 Å². The molecular weight excluding hydrogens is 207 g/mol. The van der Waals surface area contributed by atoms with Crippen molar-refractivity contribution in [2.75, 3.05) is 21.3 Å².